The molecule has 3 aromatic carbocycles. The van der Waals surface area contributed by atoms with Gasteiger partial charge in [-0.3, -0.25) is 0 Å². The zero-order valence-electron chi connectivity index (χ0n) is 10.8. The van der Waals surface area contributed by atoms with Gasteiger partial charge in [-0.25, -0.2) is 0 Å². The highest BCUT2D eigenvalue weighted by atomic mass is 79.9. The van der Waals surface area contributed by atoms with Gasteiger partial charge in [0.1, 0.15) is 0 Å². The molecule has 0 N–H and O–H groups in total. The highest BCUT2D eigenvalue weighted by Gasteiger charge is 2.15. The topological polar surface area (TPSA) is 0 Å². The molecule has 0 unspecified atom stereocenters. The molecule has 0 heterocycles. The fraction of sp³-hybridized carbons (Fsp3) is 0.111. The molecule has 0 nitrogen and oxygen atoms in total. The fourth-order valence-corrected chi connectivity index (χ4v) is 4.33. The Morgan fingerprint density at radius 2 is 1.55 bits per heavy atom. The molecule has 4 rings (SSSR count). The summed E-state index contributed by atoms with van der Waals surface area (Å²) < 4.78 is 2.40. The number of hydrogen-bond acceptors (Lipinski definition) is 0. The van der Waals surface area contributed by atoms with Gasteiger partial charge in [-0.05, 0) is 57.6 Å². The highest BCUT2D eigenvalue weighted by molar-refractivity contribution is 9.11. The summed E-state index contributed by atoms with van der Waals surface area (Å²) in [5, 5.41) is 5.23. The SMILES string of the molecule is Brc1cc2c(cc(Br)c3ccccc32)c2c1CCC=C2. The largest absolute Gasteiger partial charge is 0.0836 e. The third-order valence-electron chi connectivity index (χ3n) is 4.06. The van der Waals surface area contributed by atoms with Crippen LogP contribution < -0.4 is 0 Å². The molecule has 98 valence electrons. The van der Waals surface area contributed by atoms with E-state index in [0.29, 0.717) is 0 Å². The molecule has 0 radical (unpaired) electrons. The second-order valence-corrected chi connectivity index (χ2v) is 6.90. The molecule has 0 spiro atoms. The van der Waals surface area contributed by atoms with Crippen LogP contribution in [-0.4, -0.2) is 0 Å². The number of rotatable bonds is 0. The molecule has 0 aromatic heterocycles. The van der Waals surface area contributed by atoms with E-state index in [-0.39, 0.29) is 0 Å². The van der Waals surface area contributed by atoms with Gasteiger partial charge in [0.05, 0.1) is 0 Å². The fourth-order valence-electron chi connectivity index (χ4n) is 3.11. The van der Waals surface area contributed by atoms with E-state index in [1.165, 1.54) is 41.6 Å². The predicted molar refractivity (Wildman–Crippen MR) is 94.2 cm³/mol. The summed E-state index contributed by atoms with van der Waals surface area (Å²) >= 11 is 7.49. The zero-order valence-corrected chi connectivity index (χ0v) is 14.0. The minimum absolute atomic E-state index is 1.12. The van der Waals surface area contributed by atoms with Crippen LogP contribution in [0.25, 0.3) is 27.6 Å². The first-order valence-electron chi connectivity index (χ1n) is 6.74. The summed E-state index contributed by atoms with van der Waals surface area (Å²) in [6.07, 6.45) is 6.79. The van der Waals surface area contributed by atoms with Gasteiger partial charge in [-0.1, -0.05) is 68.3 Å². The van der Waals surface area contributed by atoms with Crippen LogP contribution in [0.3, 0.4) is 0 Å². The Morgan fingerprint density at radius 3 is 2.40 bits per heavy atom. The van der Waals surface area contributed by atoms with Crippen molar-refractivity contribution in [2.75, 3.05) is 0 Å². The zero-order chi connectivity index (χ0) is 13.7. The smallest absolute Gasteiger partial charge is 0.0260 e. The van der Waals surface area contributed by atoms with Crippen molar-refractivity contribution in [2.24, 2.45) is 0 Å². The molecule has 1 aliphatic carbocycles. The number of hydrogen-bond donors (Lipinski definition) is 0. The molecule has 0 bridgehead atoms. The lowest BCUT2D eigenvalue weighted by molar-refractivity contribution is 0.983. The maximum atomic E-state index is 3.76. The van der Waals surface area contributed by atoms with Gasteiger partial charge in [-0.2, -0.15) is 0 Å². The number of fused-ring (bicyclic) bond motifs is 5. The van der Waals surface area contributed by atoms with Gasteiger partial charge in [0.15, 0.2) is 0 Å². The van der Waals surface area contributed by atoms with Crippen LogP contribution in [0.5, 0.6) is 0 Å². The van der Waals surface area contributed by atoms with Crippen molar-refractivity contribution in [3.63, 3.8) is 0 Å². The Hall–Kier alpha value is -1.12. The Labute approximate surface area is 134 Å². The molecule has 0 saturated heterocycles. The van der Waals surface area contributed by atoms with Crippen LogP contribution in [0.2, 0.25) is 0 Å². The lowest BCUT2D eigenvalue weighted by Gasteiger charge is -2.17. The highest BCUT2D eigenvalue weighted by Crippen LogP contribution is 2.39. The summed E-state index contributed by atoms with van der Waals surface area (Å²) in [6, 6.07) is 13.1. The van der Waals surface area contributed by atoms with Gasteiger partial charge in [0, 0.05) is 8.95 Å². The van der Waals surface area contributed by atoms with Crippen LogP contribution in [0, 0.1) is 0 Å². The molecule has 0 saturated carbocycles. The number of allylic oxidation sites excluding steroid dienone is 1. The normalized spacial score (nSPS) is 13.9. The summed E-state index contributed by atoms with van der Waals surface area (Å²) in [7, 11) is 0. The first-order valence-corrected chi connectivity index (χ1v) is 8.33. The Bertz CT molecular complexity index is 876. The second kappa shape index (κ2) is 4.71. The van der Waals surface area contributed by atoms with Crippen molar-refractivity contribution >= 4 is 59.5 Å². The maximum Gasteiger partial charge on any atom is 0.0260 e. The molecule has 0 aliphatic heterocycles. The molecule has 3 aromatic rings. The molecule has 0 atom stereocenters. The predicted octanol–water partition coefficient (Wildman–Crippen LogP) is 6.48. The average Bonchev–Trinajstić information content (AvgIpc) is 2.49. The monoisotopic (exact) mass is 386 g/mol. The van der Waals surface area contributed by atoms with Crippen molar-refractivity contribution in [1.82, 2.24) is 0 Å². The van der Waals surface area contributed by atoms with Gasteiger partial charge < -0.3 is 0 Å². The number of halogens is 2. The van der Waals surface area contributed by atoms with Crippen molar-refractivity contribution in [1.29, 1.82) is 0 Å². The molecule has 20 heavy (non-hydrogen) atoms. The van der Waals surface area contributed by atoms with E-state index in [1.807, 2.05) is 0 Å². The Balaban J connectivity index is 2.26. The maximum absolute atomic E-state index is 3.76. The minimum Gasteiger partial charge on any atom is -0.0836 e. The van der Waals surface area contributed by atoms with Crippen molar-refractivity contribution < 1.29 is 0 Å². The molecular weight excluding hydrogens is 376 g/mol. The minimum atomic E-state index is 1.12. The van der Waals surface area contributed by atoms with Crippen LogP contribution >= 0.6 is 31.9 Å². The van der Waals surface area contributed by atoms with Gasteiger partial charge in [0.2, 0.25) is 0 Å². The summed E-state index contributed by atoms with van der Waals surface area (Å²) in [5.41, 5.74) is 2.80. The Kier molecular flexibility index (Phi) is 2.97. The molecule has 0 fully saturated rings. The lowest BCUT2D eigenvalue weighted by atomic mass is 9.90. The van der Waals surface area contributed by atoms with E-state index in [4.69, 9.17) is 0 Å². The molecule has 2 heteroatoms. The molecule has 1 aliphatic rings. The van der Waals surface area contributed by atoms with Crippen molar-refractivity contribution in [2.45, 2.75) is 12.8 Å². The Morgan fingerprint density at radius 1 is 0.800 bits per heavy atom. The number of benzene rings is 3. The van der Waals surface area contributed by atoms with Crippen LogP contribution in [-0.2, 0) is 6.42 Å². The average molecular weight is 388 g/mol. The van der Waals surface area contributed by atoms with Gasteiger partial charge in [0.25, 0.3) is 0 Å². The third kappa shape index (κ3) is 1.78. The summed E-state index contributed by atoms with van der Waals surface area (Å²) in [6.45, 7) is 0. The molecular formula is C18H12Br2. The summed E-state index contributed by atoms with van der Waals surface area (Å²) in [5.74, 6) is 0. The van der Waals surface area contributed by atoms with E-state index >= 15 is 0 Å². The van der Waals surface area contributed by atoms with Crippen LogP contribution in [0.15, 0.2) is 51.4 Å². The van der Waals surface area contributed by atoms with E-state index in [2.05, 4.69) is 80.4 Å². The van der Waals surface area contributed by atoms with Gasteiger partial charge in [-0.15, -0.1) is 0 Å². The van der Waals surface area contributed by atoms with Crippen molar-refractivity contribution in [3.8, 4) is 0 Å². The van der Waals surface area contributed by atoms with Crippen LogP contribution in [0.1, 0.15) is 17.5 Å². The third-order valence-corrected chi connectivity index (χ3v) is 5.42. The van der Waals surface area contributed by atoms with Crippen molar-refractivity contribution in [3.05, 3.63) is 62.5 Å². The van der Waals surface area contributed by atoms with E-state index in [1.54, 1.807) is 0 Å². The molecule has 0 amide bonds. The summed E-state index contributed by atoms with van der Waals surface area (Å²) in [4.78, 5) is 0. The van der Waals surface area contributed by atoms with Gasteiger partial charge >= 0.3 is 0 Å². The first-order chi connectivity index (χ1) is 9.75. The van der Waals surface area contributed by atoms with E-state index in [9.17, 15) is 0 Å². The van der Waals surface area contributed by atoms with E-state index < -0.39 is 0 Å². The van der Waals surface area contributed by atoms with Crippen LogP contribution in [0.4, 0.5) is 0 Å². The standard InChI is InChI=1S/C18H12Br2/c19-17-10-16-12-6-2-4-8-14(12)18(20)9-15(16)11-5-1-3-7-13(11)17/h1-3,5-7,9-10H,4,8H2. The quantitative estimate of drug-likeness (QED) is 0.387. The van der Waals surface area contributed by atoms with E-state index in [0.717, 1.165) is 12.8 Å². The first kappa shape index (κ1) is 12.6. The lowest BCUT2D eigenvalue weighted by Crippen LogP contribution is -1.97. The second-order valence-electron chi connectivity index (χ2n) is 5.19.